The van der Waals surface area contributed by atoms with Crippen LogP contribution in [-0.4, -0.2) is 37.7 Å². The van der Waals surface area contributed by atoms with E-state index in [1.54, 1.807) is 0 Å². The molecule has 5 heteroatoms. The number of nitrogens with two attached hydrogens (primary N) is 1. The summed E-state index contributed by atoms with van der Waals surface area (Å²) in [6.45, 7) is 1.91. The Kier molecular flexibility index (Phi) is 3.79. The van der Waals surface area contributed by atoms with Gasteiger partial charge in [-0.3, -0.25) is 4.79 Å². The molecule has 4 N–H and O–H groups in total. The zero-order valence-electron chi connectivity index (χ0n) is 9.37. The van der Waals surface area contributed by atoms with Crippen molar-refractivity contribution in [2.24, 2.45) is 5.73 Å². The third-order valence-electron chi connectivity index (χ3n) is 3.02. The molecule has 0 aromatic heterocycles. The lowest BCUT2D eigenvalue weighted by atomic mass is 10.1. The van der Waals surface area contributed by atoms with Crippen LogP contribution in [-0.2, 0) is 9.53 Å². The van der Waals surface area contributed by atoms with Crippen molar-refractivity contribution in [3.05, 3.63) is 11.8 Å². The molecule has 2 heterocycles. The quantitative estimate of drug-likeness (QED) is 0.604. The van der Waals surface area contributed by atoms with Gasteiger partial charge in [-0.2, -0.15) is 0 Å². The van der Waals surface area contributed by atoms with Crippen LogP contribution in [0.25, 0.3) is 0 Å². The van der Waals surface area contributed by atoms with Gasteiger partial charge in [0, 0.05) is 0 Å². The lowest BCUT2D eigenvalue weighted by Crippen LogP contribution is -2.47. The van der Waals surface area contributed by atoms with E-state index >= 15 is 0 Å². The van der Waals surface area contributed by atoms with Gasteiger partial charge in [0.25, 0.3) is 0 Å². The van der Waals surface area contributed by atoms with Crippen LogP contribution in [0.4, 0.5) is 0 Å². The standard InChI is InChI=1S/C11H19N3O2/c12-6-9-4-3-8(7-16-9)14-11(15)10-2-1-5-13-10/h4,8,10,13H,1-3,5-7,12H2,(H,14,15)/t8-,10?/m1/s1. The molecule has 5 nitrogen and oxygen atoms in total. The molecule has 16 heavy (non-hydrogen) atoms. The normalized spacial score (nSPS) is 29.4. The van der Waals surface area contributed by atoms with Gasteiger partial charge in [0.1, 0.15) is 12.4 Å². The first-order valence-electron chi connectivity index (χ1n) is 5.85. The topological polar surface area (TPSA) is 76.4 Å². The highest BCUT2D eigenvalue weighted by molar-refractivity contribution is 5.82. The van der Waals surface area contributed by atoms with Gasteiger partial charge in [-0.15, -0.1) is 0 Å². The van der Waals surface area contributed by atoms with Gasteiger partial charge in [-0.1, -0.05) is 0 Å². The van der Waals surface area contributed by atoms with Crippen LogP contribution in [0.3, 0.4) is 0 Å². The Morgan fingerprint density at radius 2 is 2.56 bits per heavy atom. The summed E-state index contributed by atoms with van der Waals surface area (Å²) in [7, 11) is 0. The predicted octanol–water partition coefficient (Wildman–Crippen LogP) is -0.514. The molecular formula is C11H19N3O2. The summed E-state index contributed by atoms with van der Waals surface area (Å²) in [4.78, 5) is 11.8. The van der Waals surface area contributed by atoms with E-state index in [1.165, 1.54) is 0 Å². The minimum atomic E-state index is -0.0140. The van der Waals surface area contributed by atoms with Crippen LogP contribution in [0.1, 0.15) is 19.3 Å². The first kappa shape index (κ1) is 11.4. The fourth-order valence-corrected chi connectivity index (χ4v) is 2.06. The molecule has 90 valence electrons. The van der Waals surface area contributed by atoms with E-state index in [4.69, 9.17) is 10.5 Å². The fraction of sp³-hybridized carbons (Fsp3) is 0.727. The zero-order valence-corrected chi connectivity index (χ0v) is 9.37. The Bertz CT molecular complexity index is 285. The van der Waals surface area contributed by atoms with Crippen molar-refractivity contribution in [2.75, 3.05) is 19.7 Å². The molecule has 0 aromatic carbocycles. The highest BCUT2D eigenvalue weighted by Crippen LogP contribution is 2.11. The molecule has 0 spiro atoms. The van der Waals surface area contributed by atoms with E-state index in [0.717, 1.165) is 31.6 Å². The van der Waals surface area contributed by atoms with E-state index in [1.807, 2.05) is 6.08 Å². The van der Waals surface area contributed by atoms with Gasteiger partial charge in [0.15, 0.2) is 0 Å². The number of nitrogens with one attached hydrogen (secondary N) is 2. The SMILES string of the molecule is NCC1=CC[C@@H](NC(=O)C2CCCN2)CO1. The van der Waals surface area contributed by atoms with Gasteiger partial charge in [-0.05, 0) is 31.9 Å². The lowest BCUT2D eigenvalue weighted by molar-refractivity contribution is -0.123. The summed E-state index contributed by atoms with van der Waals surface area (Å²) < 4.78 is 5.40. The van der Waals surface area contributed by atoms with Crippen molar-refractivity contribution in [3.63, 3.8) is 0 Å². The first-order valence-corrected chi connectivity index (χ1v) is 5.85. The molecule has 2 aliphatic rings. The van der Waals surface area contributed by atoms with Crippen molar-refractivity contribution in [3.8, 4) is 0 Å². The summed E-state index contributed by atoms with van der Waals surface area (Å²) >= 11 is 0. The molecule has 0 radical (unpaired) electrons. The summed E-state index contributed by atoms with van der Waals surface area (Å²) in [5.74, 6) is 0.917. The average molecular weight is 225 g/mol. The third-order valence-corrected chi connectivity index (χ3v) is 3.02. The maximum absolute atomic E-state index is 11.8. The zero-order chi connectivity index (χ0) is 11.4. The van der Waals surface area contributed by atoms with E-state index in [2.05, 4.69) is 10.6 Å². The number of amides is 1. The molecule has 2 aliphatic heterocycles. The summed E-state index contributed by atoms with van der Waals surface area (Å²) in [5.41, 5.74) is 5.46. The van der Waals surface area contributed by atoms with E-state index < -0.39 is 0 Å². The number of carbonyl (C=O) groups is 1. The van der Waals surface area contributed by atoms with E-state index in [0.29, 0.717) is 13.2 Å². The van der Waals surface area contributed by atoms with Gasteiger partial charge in [0.05, 0.1) is 18.6 Å². The molecule has 1 saturated heterocycles. The molecule has 1 amide bonds. The Morgan fingerprint density at radius 3 is 3.12 bits per heavy atom. The van der Waals surface area contributed by atoms with Gasteiger partial charge < -0.3 is 21.1 Å². The van der Waals surface area contributed by atoms with Gasteiger partial charge in [-0.25, -0.2) is 0 Å². The monoisotopic (exact) mass is 225 g/mol. The summed E-state index contributed by atoms with van der Waals surface area (Å²) in [5, 5.41) is 6.17. The van der Waals surface area contributed by atoms with Crippen LogP contribution >= 0.6 is 0 Å². The maximum Gasteiger partial charge on any atom is 0.237 e. The number of rotatable bonds is 3. The number of hydrogen-bond donors (Lipinski definition) is 3. The number of carbonyl (C=O) groups excluding carboxylic acids is 1. The minimum Gasteiger partial charge on any atom is -0.495 e. The second-order valence-corrected chi connectivity index (χ2v) is 4.28. The van der Waals surface area contributed by atoms with Crippen LogP contribution in [0.15, 0.2) is 11.8 Å². The Labute approximate surface area is 95.4 Å². The summed E-state index contributed by atoms with van der Waals surface area (Å²) in [6.07, 6.45) is 4.78. The molecule has 2 rings (SSSR count). The van der Waals surface area contributed by atoms with Crippen LogP contribution in [0, 0.1) is 0 Å². The van der Waals surface area contributed by atoms with Crippen molar-refractivity contribution in [2.45, 2.75) is 31.3 Å². The summed E-state index contributed by atoms with van der Waals surface area (Å²) in [6, 6.07) is 0.0742. The molecule has 0 saturated carbocycles. The van der Waals surface area contributed by atoms with E-state index in [-0.39, 0.29) is 18.0 Å². The second kappa shape index (κ2) is 5.32. The van der Waals surface area contributed by atoms with Crippen LogP contribution in [0.5, 0.6) is 0 Å². The van der Waals surface area contributed by atoms with Crippen LogP contribution < -0.4 is 16.4 Å². The van der Waals surface area contributed by atoms with Crippen molar-refractivity contribution < 1.29 is 9.53 Å². The van der Waals surface area contributed by atoms with Crippen LogP contribution in [0.2, 0.25) is 0 Å². The average Bonchev–Trinajstić information content (AvgIpc) is 2.83. The molecule has 2 atom stereocenters. The van der Waals surface area contributed by atoms with Crippen molar-refractivity contribution in [1.82, 2.24) is 10.6 Å². The minimum absolute atomic E-state index is 0.0140. The fourth-order valence-electron chi connectivity index (χ4n) is 2.06. The highest BCUT2D eigenvalue weighted by Gasteiger charge is 2.25. The second-order valence-electron chi connectivity index (χ2n) is 4.28. The smallest absolute Gasteiger partial charge is 0.237 e. The third kappa shape index (κ3) is 2.74. The van der Waals surface area contributed by atoms with Gasteiger partial charge in [0.2, 0.25) is 5.91 Å². The molecule has 1 unspecified atom stereocenters. The Balaban J connectivity index is 1.78. The van der Waals surface area contributed by atoms with Crippen molar-refractivity contribution >= 4 is 5.91 Å². The van der Waals surface area contributed by atoms with E-state index in [9.17, 15) is 4.79 Å². The highest BCUT2D eigenvalue weighted by atomic mass is 16.5. The first-order chi connectivity index (χ1) is 7.79. The molecule has 0 aromatic rings. The molecule has 0 bridgehead atoms. The van der Waals surface area contributed by atoms with Gasteiger partial charge >= 0.3 is 0 Å². The lowest BCUT2D eigenvalue weighted by Gasteiger charge is -2.24. The Morgan fingerprint density at radius 1 is 1.69 bits per heavy atom. The largest absolute Gasteiger partial charge is 0.495 e. The predicted molar refractivity (Wildman–Crippen MR) is 60.7 cm³/mol. The number of hydrogen-bond acceptors (Lipinski definition) is 4. The molecule has 1 fully saturated rings. The number of ether oxygens (including phenoxy) is 1. The molecular weight excluding hydrogens is 206 g/mol. The molecule has 0 aliphatic carbocycles. The maximum atomic E-state index is 11.8. The van der Waals surface area contributed by atoms with Crippen molar-refractivity contribution in [1.29, 1.82) is 0 Å². The Hall–Kier alpha value is -1.07.